The highest BCUT2D eigenvalue weighted by atomic mass is 35.5. The quantitative estimate of drug-likeness (QED) is 0.823. The largest absolute Gasteiger partial charge is 0.494 e. The predicted octanol–water partition coefficient (Wildman–Crippen LogP) is 2.43. The fraction of sp³-hybridized carbons (Fsp3) is 0.600. The van der Waals surface area contributed by atoms with E-state index in [0.29, 0.717) is 6.61 Å². The van der Waals surface area contributed by atoms with Crippen molar-refractivity contribution in [2.24, 2.45) is 5.73 Å². The van der Waals surface area contributed by atoms with Gasteiger partial charge in [0.1, 0.15) is 11.6 Å². The lowest BCUT2D eigenvalue weighted by molar-refractivity contribution is 0.160. The van der Waals surface area contributed by atoms with Gasteiger partial charge >= 0.3 is 0 Å². The molecule has 0 aliphatic carbocycles. The molecule has 1 fully saturated rings. The maximum Gasteiger partial charge on any atom is 0.123 e. The molecule has 7 heteroatoms. The second-order valence-electron chi connectivity index (χ2n) is 5.65. The standard InChI is InChI=1S/C15H23FN2O.2ClH.H2O/c1-15(17)7-10-18(11-8-15)9-2-12-19-14-5-3-13(16)4-6-14;;;/h3-6H,2,7-12,17H2,1H3;2*1H;1H2. The van der Waals surface area contributed by atoms with Gasteiger partial charge in [0.15, 0.2) is 0 Å². The number of ether oxygens (including phenoxy) is 1. The Morgan fingerprint density at radius 3 is 2.27 bits per heavy atom. The summed E-state index contributed by atoms with van der Waals surface area (Å²) in [6.45, 7) is 5.98. The van der Waals surface area contributed by atoms with Crippen LogP contribution in [0.2, 0.25) is 0 Å². The zero-order valence-electron chi connectivity index (χ0n) is 12.9. The van der Waals surface area contributed by atoms with Crippen molar-refractivity contribution < 1.29 is 14.6 Å². The Hall–Kier alpha value is -0.590. The molecule has 130 valence electrons. The van der Waals surface area contributed by atoms with Gasteiger partial charge in [0, 0.05) is 12.1 Å². The molecule has 1 heterocycles. The van der Waals surface area contributed by atoms with Crippen LogP contribution < -0.4 is 10.5 Å². The average Bonchev–Trinajstić information content (AvgIpc) is 2.38. The van der Waals surface area contributed by atoms with E-state index in [9.17, 15) is 4.39 Å². The zero-order chi connectivity index (χ0) is 13.7. The second-order valence-corrected chi connectivity index (χ2v) is 5.65. The minimum atomic E-state index is -0.231. The highest BCUT2D eigenvalue weighted by Gasteiger charge is 2.25. The number of nitrogens with zero attached hydrogens (tertiary/aromatic N) is 1. The van der Waals surface area contributed by atoms with Gasteiger partial charge in [-0.1, -0.05) is 0 Å². The van der Waals surface area contributed by atoms with Crippen molar-refractivity contribution in [1.29, 1.82) is 0 Å². The van der Waals surface area contributed by atoms with Crippen LogP contribution in [0.3, 0.4) is 0 Å². The second kappa shape index (κ2) is 11.0. The molecule has 0 atom stereocenters. The van der Waals surface area contributed by atoms with E-state index in [0.717, 1.165) is 44.6 Å². The molecule has 0 amide bonds. The maximum absolute atomic E-state index is 12.7. The van der Waals surface area contributed by atoms with E-state index >= 15 is 0 Å². The number of hydrogen-bond donors (Lipinski definition) is 1. The molecule has 0 bridgehead atoms. The Morgan fingerprint density at radius 2 is 1.73 bits per heavy atom. The molecular weight excluding hydrogens is 330 g/mol. The van der Waals surface area contributed by atoms with Crippen molar-refractivity contribution in [3.05, 3.63) is 30.1 Å². The summed E-state index contributed by atoms with van der Waals surface area (Å²) in [7, 11) is 0. The molecule has 1 aliphatic rings. The number of hydrogen-bond acceptors (Lipinski definition) is 3. The summed E-state index contributed by atoms with van der Waals surface area (Å²) >= 11 is 0. The summed E-state index contributed by atoms with van der Waals surface area (Å²) in [5.74, 6) is 0.500. The van der Waals surface area contributed by atoms with Crippen molar-refractivity contribution in [3.63, 3.8) is 0 Å². The molecular formula is C15H27Cl2FN2O2. The third kappa shape index (κ3) is 8.15. The molecule has 0 aromatic heterocycles. The summed E-state index contributed by atoms with van der Waals surface area (Å²) in [5, 5.41) is 0. The molecule has 0 unspecified atom stereocenters. The summed E-state index contributed by atoms with van der Waals surface area (Å²) in [6.07, 6.45) is 3.11. The number of rotatable bonds is 5. The topological polar surface area (TPSA) is 70.0 Å². The minimum absolute atomic E-state index is 0. The van der Waals surface area contributed by atoms with Crippen LogP contribution in [-0.2, 0) is 0 Å². The van der Waals surface area contributed by atoms with Gasteiger partial charge in [0.05, 0.1) is 6.61 Å². The lowest BCUT2D eigenvalue weighted by atomic mass is 9.91. The lowest BCUT2D eigenvalue weighted by Crippen LogP contribution is -2.48. The van der Waals surface area contributed by atoms with Gasteiger partial charge in [0.2, 0.25) is 0 Å². The molecule has 4 N–H and O–H groups in total. The van der Waals surface area contributed by atoms with Gasteiger partial charge in [-0.05, 0) is 63.5 Å². The van der Waals surface area contributed by atoms with E-state index in [1.807, 2.05) is 0 Å². The molecule has 0 saturated carbocycles. The van der Waals surface area contributed by atoms with E-state index in [2.05, 4.69) is 11.8 Å². The SMILES string of the molecule is CC1(N)CCN(CCCOc2ccc(F)cc2)CC1.Cl.Cl.O. The fourth-order valence-electron chi connectivity index (χ4n) is 2.30. The number of likely N-dealkylation sites (tertiary alicyclic amines) is 1. The van der Waals surface area contributed by atoms with Crippen LogP contribution in [-0.4, -0.2) is 42.2 Å². The smallest absolute Gasteiger partial charge is 0.123 e. The van der Waals surface area contributed by atoms with Gasteiger partial charge < -0.3 is 20.8 Å². The first-order valence-corrected chi connectivity index (χ1v) is 6.95. The molecule has 0 radical (unpaired) electrons. The average molecular weight is 357 g/mol. The Labute approximate surface area is 144 Å². The Kier molecular flexibility index (Phi) is 11.9. The van der Waals surface area contributed by atoms with Crippen LogP contribution in [0, 0.1) is 5.82 Å². The first-order valence-electron chi connectivity index (χ1n) is 6.95. The first-order chi connectivity index (χ1) is 9.05. The van der Waals surface area contributed by atoms with Gasteiger partial charge in [-0.3, -0.25) is 0 Å². The van der Waals surface area contributed by atoms with Crippen LogP contribution in [0.1, 0.15) is 26.2 Å². The van der Waals surface area contributed by atoms with Crippen molar-refractivity contribution in [2.75, 3.05) is 26.2 Å². The monoisotopic (exact) mass is 356 g/mol. The number of nitrogens with two attached hydrogens (primary N) is 1. The summed E-state index contributed by atoms with van der Waals surface area (Å²) in [4.78, 5) is 2.43. The van der Waals surface area contributed by atoms with Crippen LogP contribution in [0.5, 0.6) is 5.75 Å². The number of halogens is 3. The maximum atomic E-state index is 12.7. The van der Waals surface area contributed by atoms with Crippen LogP contribution in [0.15, 0.2) is 24.3 Å². The predicted molar refractivity (Wildman–Crippen MR) is 92.9 cm³/mol. The van der Waals surface area contributed by atoms with Gasteiger partial charge in [0.25, 0.3) is 0 Å². The molecule has 0 spiro atoms. The van der Waals surface area contributed by atoms with E-state index in [4.69, 9.17) is 10.5 Å². The Balaban J connectivity index is 0. The molecule has 2 rings (SSSR count). The van der Waals surface area contributed by atoms with Gasteiger partial charge in [-0.2, -0.15) is 0 Å². The van der Waals surface area contributed by atoms with Crippen LogP contribution in [0.4, 0.5) is 4.39 Å². The molecule has 1 aliphatic heterocycles. The summed E-state index contributed by atoms with van der Waals surface area (Å²) in [5.41, 5.74) is 6.12. The number of benzene rings is 1. The highest BCUT2D eigenvalue weighted by Crippen LogP contribution is 2.18. The van der Waals surface area contributed by atoms with Crippen molar-refractivity contribution in [1.82, 2.24) is 4.90 Å². The minimum Gasteiger partial charge on any atom is -0.494 e. The van der Waals surface area contributed by atoms with Gasteiger partial charge in [-0.25, -0.2) is 4.39 Å². The van der Waals surface area contributed by atoms with Crippen molar-refractivity contribution >= 4 is 24.8 Å². The Bertz CT molecular complexity index is 395. The van der Waals surface area contributed by atoms with Gasteiger partial charge in [-0.15, -0.1) is 24.8 Å². The molecule has 1 aromatic rings. The molecule has 1 aromatic carbocycles. The van der Waals surface area contributed by atoms with E-state index in [1.165, 1.54) is 12.1 Å². The molecule has 4 nitrogen and oxygen atoms in total. The van der Waals surface area contributed by atoms with E-state index in [1.54, 1.807) is 12.1 Å². The van der Waals surface area contributed by atoms with Crippen LogP contribution >= 0.6 is 24.8 Å². The third-order valence-corrected chi connectivity index (χ3v) is 3.70. The first kappa shape index (κ1) is 23.7. The van der Waals surface area contributed by atoms with Crippen molar-refractivity contribution in [3.8, 4) is 5.75 Å². The van der Waals surface area contributed by atoms with Crippen LogP contribution in [0.25, 0.3) is 0 Å². The van der Waals surface area contributed by atoms with E-state index < -0.39 is 0 Å². The van der Waals surface area contributed by atoms with Crippen molar-refractivity contribution in [2.45, 2.75) is 31.7 Å². The van der Waals surface area contributed by atoms with E-state index in [-0.39, 0.29) is 41.6 Å². The summed E-state index contributed by atoms with van der Waals surface area (Å²) < 4.78 is 18.3. The Morgan fingerprint density at radius 1 is 1.18 bits per heavy atom. The molecule has 22 heavy (non-hydrogen) atoms. The fourth-order valence-corrected chi connectivity index (χ4v) is 2.30. The lowest BCUT2D eigenvalue weighted by Gasteiger charge is -2.36. The summed E-state index contributed by atoms with van der Waals surface area (Å²) in [6, 6.07) is 6.16. The highest BCUT2D eigenvalue weighted by molar-refractivity contribution is 5.85. The number of piperidine rings is 1. The third-order valence-electron chi connectivity index (χ3n) is 3.70. The zero-order valence-corrected chi connectivity index (χ0v) is 14.5. The normalized spacial score (nSPS) is 16.7. The molecule has 1 saturated heterocycles.